The van der Waals surface area contributed by atoms with Crippen molar-refractivity contribution < 1.29 is 0 Å². The third kappa shape index (κ3) is 2.34. The van der Waals surface area contributed by atoms with Crippen LogP contribution in [0.5, 0.6) is 0 Å². The summed E-state index contributed by atoms with van der Waals surface area (Å²) < 4.78 is 0. The fourth-order valence-corrected chi connectivity index (χ4v) is 6.43. The minimum Gasteiger partial charge on any atom is -0.328 e. The van der Waals surface area contributed by atoms with Crippen molar-refractivity contribution in [3.63, 3.8) is 0 Å². The standard InChI is InChI=1S/C19H35N/c1-15-7-5-9-17(15)19(18(2)11-3-4-12-18)13-6-8-16(20)10-14-19/h15-17H,3-14,20H2,1-2H3. The fraction of sp³-hybridized carbons (Fsp3) is 1.00. The predicted molar refractivity (Wildman–Crippen MR) is 86.6 cm³/mol. The average molecular weight is 277 g/mol. The minimum absolute atomic E-state index is 0.485. The van der Waals surface area contributed by atoms with E-state index < -0.39 is 0 Å². The van der Waals surface area contributed by atoms with Crippen LogP contribution >= 0.6 is 0 Å². The number of hydrogen-bond acceptors (Lipinski definition) is 1. The summed E-state index contributed by atoms with van der Waals surface area (Å²) in [6.07, 6.45) is 17.3. The molecule has 0 bridgehead atoms. The van der Waals surface area contributed by atoms with E-state index >= 15 is 0 Å². The second-order valence-corrected chi connectivity index (χ2v) is 8.63. The van der Waals surface area contributed by atoms with E-state index in [9.17, 15) is 0 Å². The molecule has 1 nitrogen and oxygen atoms in total. The molecule has 4 atom stereocenters. The highest BCUT2D eigenvalue weighted by Crippen LogP contribution is 2.64. The summed E-state index contributed by atoms with van der Waals surface area (Å²) in [6, 6.07) is 0.485. The Labute approximate surface area is 126 Å². The van der Waals surface area contributed by atoms with Crippen LogP contribution in [0.25, 0.3) is 0 Å². The van der Waals surface area contributed by atoms with Gasteiger partial charge in [-0.1, -0.05) is 46.0 Å². The summed E-state index contributed by atoms with van der Waals surface area (Å²) in [5, 5.41) is 0. The van der Waals surface area contributed by atoms with Gasteiger partial charge in [0.25, 0.3) is 0 Å². The van der Waals surface area contributed by atoms with E-state index in [0.29, 0.717) is 16.9 Å². The molecule has 0 aromatic rings. The van der Waals surface area contributed by atoms with Crippen molar-refractivity contribution in [1.29, 1.82) is 0 Å². The molecule has 0 saturated heterocycles. The van der Waals surface area contributed by atoms with Crippen molar-refractivity contribution >= 4 is 0 Å². The van der Waals surface area contributed by atoms with Crippen molar-refractivity contribution in [2.24, 2.45) is 28.4 Å². The van der Waals surface area contributed by atoms with Crippen molar-refractivity contribution in [2.75, 3.05) is 0 Å². The molecule has 0 aliphatic heterocycles. The molecule has 0 heterocycles. The molecular weight excluding hydrogens is 242 g/mol. The van der Waals surface area contributed by atoms with Gasteiger partial charge in [0.05, 0.1) is 0 Å². The Kier molecular flexibility index (Phi) is 4.19. The molecule has 0 radical (unpaired) electrons. The molecule has 1 heteroatoms. The zero-order chi connectivity index (χ0) is 14.2. The van der Waals surface area contributed by atoms with Crippen LogP contribution in [0.3, 0.4) is 0 Å². The summed E-state index contributed by atoms with van der Waals surface area (Å²) in [5.41, 5.74) is 7.59. The Hall–Kier alpha value is -0.0400. The van der Waals surface area contributed by atoms with Gasteiger partial charge >= 0.3 is 0 Å². The van der Waals surface area contributed by atoms with E-state index in [1.807, 2.05) is 0 Å². The first-order valence-corrected chi connectivity index (χ1v) is 9.33. The highest BCUT2D eigenvalue weighted by molar-refractivity contribution is 5.05. The second kappa shape index (κ2) is 5.63. The van der Waals surface area contributed by atoms with Crippen LogP contribution in [0.1, 0.15) is 90.9 Å². The number of rotatable bonds is 2. The van der Waals surface area contributed by atoms with Gasteiger partial charge < -0.3 is 5.73 Å². The van der Waals surface area contributed by atoms with Gasteiger partial charge in [0, 0.05) is 6.04 Å². The first kappa shape index (κ1) is 14.9. The van der Waals surface area contributed by atoms with Crippen LogP contribution < -0.4 is 5.73 Å². The van der Waals surface area contributed by atoms with Crippen molar-refractivity contribution in [2.45, 2.75) is 96.9 Å². The maximum absolute atomic E-state index is 6.33. The van der Waals surface area contributed by atoms with E-state index in [0.717, 1.165) is 11.8 Å². The molecule has 20 heavy (non-hydrogen) atoms. The highest BCUT2D eigenvalue weighted by atomic mass is 14.7. The normalized spacial score (nSPS) is 45.5. The predicted octanol–water partition coefficient (Wildman–Crippen LogP) is 5.28. The minimum atomic E-state index is 0.485. The van der Waals surface area contributed by atoms with Crippen LogP contribution in [0, 0.1) is 22.7 Å². The van der Waals surface area contributed by atoms with Gasteiger partial charge in [-0.05, 0) is 67.6 Å². The van der Waals surface area contributed by atoms with Crippen LogP contribution in [-0.2, 0) is 0 Å². The molecule has 3 rings (SSSR count). The van der Waals surface area contributed by atoms with Gasteiger partial charge in [-0.3, -0.25) is 0 Å². The van der Waals surface area contributed by atoms with E-state index in [1.165, 1.54) is 77.0 Å². The van der Waals surface area contributed by atoms with Crippen molar-refractivity contribution in [1.82, 2.24) is 0 Å². The summed E-state index contributed by atoms with van der Waals surface area (Å²) >= 11 is 0. The van der Waals surface area contributed by atoms with Gasteiger partial charge in [-0.2, -0.15) is 0 Å². The van der Waals surface area contributed by atoms with E-state index in [1.54, 1.807) is 0 Å². The van der Waals surface area contributed by atoms with E-state index in [-0.39, 0.29) is 0 Å². The first-order valence-electron chi connectivity index (χ1n) is 9.33. The Morgan fingerprint density at radius 3 is 2.20 bits per heavy atom. The highest BCUT2D eigenvalue weighted by Gasteiger charge is 2.55. The Balaban J connectivity index is 1.93. The van der Waals surface area contributed by atoms with Gasteiger partial charge in [0.1, 0.15) is 0 Å². The summed E-state index contributed by atoms with van der Waals surface area (Å²) in [6.45, 7) is 5.20. The van der Waals surface area contributed by atoms with Gasteiger partial charge in [-0.25, -0.2) is 0 Å². The third-order valence-electron chi connectivity index (χ3n) is 7.64. The smallest absolute Gasteiger partial charge is 0.00390 e. The third-order valence-corrected chi connectivity index (χ3v) is 7.64. The average Bonchev–Trinajstić information content (AvgIpc) is 2.99. The molecule has 0 amide bonds. The monoisotopic (exact) mass is 277 g/mol. The lowest BCUT2D eigenvalue weighted by Crippen LogP contribution is -2.45. The Morgan fingerprint density at radius 2 is 1.55 bits per heavy atom. The topological polar surface area (TPSA) is 26.0 Å². The molecule has 3 aliphatic rings. The maximum Gasteiger partial charge on any atom is 0.00390 e. The molecule has 3 aliphatic carbocycles. The summed E-state index contributed by atoms with van der Waals surface area (Å²) in [4.78, 5) is 0. The van der Waals surface area contributed by atoms with Crippen LogP contribution in [0.15, 0.2) is 0 Å². The molecule has 2 N–H and O–H groups in total. The fourth-order valence-electron chi connectivity index (χ4n) is 6.43. The van der Waals surface area contributed by atoms with Crippen LogP contribution in [0.4, 0.5) is 0 Å². The number of nitrogens with two attached hydrogens (primary N) is 1. The van der Waals surface area contributed by atoms with Gasteiger partial charge in [-0.15, -0.1) is 0 Å². The molecular formula is C19H35N. The quantitative estimate of drug-likeness (QED) is 0.683. The Morgan fingerprint density at radius 1 is 0.800 bits per heavy atom. The maximum atomic E-state index is 6.33. The molecule has 3 saturated carbocycles. The number of hydrogen-bond donors (Lipinski definition) is 1. The summed E-state index contributed by atoms with van der Waals surface area (Å²) in [7, 11) is 0. The van der Waals surface area contributed by atoms with E-state index in [4.69, 9.17) is 5.73 Å². The van der Waals surface area contributed by atoms with Crippen molar-refractivity contribution in [3.05, 3.63) is 0 Å². The Bertz CT molecular complexity index is 331. The SMILES string of the molecule is CC1CCCC1C1(C2(C)CCCC2)CCCC(N)CC1. The molecule has 0 aromatic heterocycles. The van der Waals surface area contributed by atoms with Crippen LogP contribution in [-0.4, -0.2) is 6.04 Å². The van der Waals surface area contributed by atoms with E-state index in [2.05, 4.69) is 13.8 Å². The summed E-state index contributed by atoms with van der Waals surface area (Å²) in [5.74, 6) is 1.96. The second-order valence-electron chi connectivity index (χ2n) is 8.63. The molecule has 116 valence electrons. The lowest BCUT2D eigenvalue weighted by molar-refractivity contribution is -0.0374. The van der Waals surface area contributed by atoms with Crippen molar-refractivity contribution in [3.8, 4) is 0 Å². The van der Waals surface area contributed by atoms with Gasteiger partial charge in [0.2, 0.25) is 0 Å². The zero-order valence-corrected chi connectivity index (χ0v) is 13.8. The zero-order valence-electron chi connectivity index (χ0n) is 13.8. The lowest BCUT2D eigenvalue weighted by atomic mass is 9.52. The largest absolute Gasteiger partial charge is 0.328 e. The lowest BCUT2D eigenvalue weighted by Gasteiger charge is -2.53. The molecule has 4 unspecified atom stereocenters. The molecule has 0 spiro atoms. The first-order chi connectivity index (χ1) is 9.57. The van der Waals surface area contributed by atoms with Gasteiger partial charge in [0.15, 0.2) is 0 Å². The molecule has 0 aromatic carbocycles. The van der Waals surface area contributed by atoms with Crippen LogP contribution in [0.2, 0.25) is 0 Å². The molecule has 3 fully saturated rings.